The van der Waals surface area contributed by atoms with Gasteiger partial charge in [0.1, 0.15) is 0 Å². The molecule has 3 heteroatoms. The molecular formula is C13H19NO2. The van der Waals surface area contributed by atoms with Crippen molar-refractivity contribution in [3.05, 3.63) is 17.9 Å². The Morgan fingerprint density at radius 2 is 2.19 bits per heavy atom. The summed E-state index contributed by atoms with van der Waals surface area (Å²) in [6.07, 6.45) is 5.00. The number of carbonyl (C=O) groups excluding carboxylic acids is 1. The number of rotatable bonds is 2. The van der Waals surface area contributed by atoms with Crippen LogP contribution in [0.2, 0.25) is 0 Å². The Kier molecular flexibility index (Phi) is 3.32. The van der Waals surface area contributed by atoms with Gasteiger partial charge >= 0.3 is 0 Å². The summed E-state index contributed by atoms with van der Waals surface area (Å²) in [4.78, 5) is 13.5. The van der Waals surface area contributed by atoms with Gasteiger partial charge in [0.2, 0.25) is 0 Å². The van der Waals surface area contributed by atoms with E-state index in [1.165, 1.54) is 32.6 Å². The van der Waals surface area contributed by atoms with Gasteiger partial charge in [-0.3, -0.25) is 4.79 Å². The van der Waals surface area contributed by atoms with Gasteiger partial charge in [0, 0.05) is 25.6 Å². The third kappa shape index (κ3) is 2.29. The fourth-order valence-electron chi connectivity index (χ4n) is 2.27. The lowest BCUT2D eigenvalue weighted by molar-refractivity contribution is 0.0987. The molecule has 1 atom stereocenters. The molecule has 88 valence electrons. The summed E-state index contributed by atoms with van der Waals surface area (Å²) in [5.74, 6) is 1.31. The molecular weight excluding hydrogens is 202 g/mol. The minimum Gasteiger partial charge on any atom is -0.437 e. The molecule has 1 fully saturated rings. The zero-order valence-electron chi connectivity index (χ0n) is 10.0. The molecule has 0 bridgehead atoms. The molecule has 3 nitrogen and oxygen atoms in total. The molecule has 16 heavy (non-hydrogen) atoms. The molecule has 1 aromatic rings. The Morgan fingerprint density at radius 1 is 1.38 bits per heavy atom. The fourth-order valence-corrected chi connectivity index (χ4v) is 2.27. The number of carbonyl (C=O) groups is 1. The van der Waals surface area contributed by atoms with Crippen LogP contribution in [0.25, 0.3) is 0 Å². The van der Waals surface area contributed by atoms with Gasteiger partial charge in [0.05, 0.1) is 0 Å². The maximum Gasteiger partial charge on any atom is 0.196 e. The second-order valence-corrected chi connectivity index (χ2v) is 4.59. The predicted octanol–water partition coefficient (Wildman–Crippen LogP) is 3.25. The standard InChI is InChI=1S/C13H19NO2/c1-10-6-4-3-5-9-14(10)13-8-7-12(16-13)11(2)15/h7-8,10H,3-6,9H2,1-2H3. The van der Waals surface area contributed by atoms with Gasteiger partial charge in [-0.15, -0.1) is 0 Å². The van der Waals surface area contributed by atoms with E-state index in [0.29, 0.717) is 11.8 Å². The van der Waals surface area contributed by atoms with Gasteiger partial charge in [0.25, 0.3) is 0 Å². The normalized spacial score (nSPS) is 21.9. The first-order valence-electron chi connectivity index (χ1n) is 6.06. The van der Waals surface area contributed by atoms with E-state index in [4.69, 9.17) is 4.42 Å². The Bertz CT molecular complexity index is 370. The number of ketones is 1. The third-order valence-corrected chi connectivity index (χ3v) is 3.27. The van der Waals surface area contributed by atoms with Crippen molar-refractivity contribution in [3.63, 3.8) is 0 Å². The molecule has 2 heterocycles. The summed E-state index contributed by atoms with van der Waals surface area (Å²) in [6.45, 7) is 4.79. The molecule has 1 unspecified atom stereocenters. The number of anilines is 1. The van der Waals surface area contributed by atoms with E-state index in [9.17, 15) is 4.79 Å². The van der Waals surface area contributed by atoms with Crippen LogP contribution in [-0.4, -0.2) is 18.4 Å². The van der Waals surface area contributed by atoms with Gasteiger partial charge in [-0.05, 0) is 25.8 Å². The summed E-state index contributed by atoms with van der Waals surface area (Å²) < 4.78 is 5.59. The molecule has 0 aromatic carbocycles. The quantitative estimate of drug-likeness (QED) is 0.719. The van der Waals surface area contributed by atoms with Crippen LogP contribution in [0.1, 0.15) is 50.1 Å². The second kappa shape index (κ2) is 4.73. The van der Waals surface area contributed by atoms with Crippen molar-refractivity contribution >= 4 is 11.7 Å². The predicted molar refractivity (Wildman–Crippen MR) is 64.0 cm³/mol. The van der Waals surface area contributed by atoms with Crippen LogP contribution in [0.15, 0.2) is 16.5 Å². The summed E-state index contributed by atoms with van der Waals surface area (Å²) in [6, 6.07) is 4.20. The number of furan rings is 1. The molecule has 1 aliphatic heterocycles. The van der Waals surface area contributed by atoms with Gasteiger partial charge in [-0.2, -0.15) is 0 Å². The van der Waals surface area contributed by atoms with E-state index < -0.39 is 0 Å². The van der Waals surface area contributed by atoms with E-state index >= 15 is 0 Å². The first-order chi connectivity index (χ1) is 7.68. The van der Waals surface area contributed by atoms with Crippen LogP contribution in [0, 0.1) is 0 Å². The Labute approximate surface area is 96.4 Å². The highest BCUT2D eigenvalue weighted by molar-refractivity contribution is 5.91. The highest BCUT2D eigenvalue weighted by atomic mass is 16.4. The molecule has 2 rings (SSSR count). The largest absolute Gasteiger partial charge is 0.437 e. The molecule has 0 amide bonds. The average molecular weight is 221 g/mol. The van der Waals surface area contributed by atoms with E-state index in [-0.39, 0.29) is 5.78 Å². The van der Waals surface area contributed by atoms with Gasteiger partial charge in [-0.25, -0.2) is 0 Å². The van der Waals surface area contributed by atoms with Gasteiger partial charge < -0.3 is 9.32 Å². The van der Waals surface area contributed by atoms with E-state index in [2.05, 4.69) is 11.8 Å². The van der Waals surface area contributed by atoms with Gasteiger partial charge in [-0.1, -0.05) is 12.8 Å². The van der Waals surface area contributed by atoms with Crippen molar-refractivity contribution in [1.29, 1.82) is 0 Å². The zero-order chi connectivity index (χ0) is 11.5. The first kappa shape index (κ1) is 11.2. The topological polar surface area (TPSA) is 33.5 Å². The average Bonchev–Trinajstić information content (AvgIpc) is 2.63. The first-order valence-corrected chi connectivity index (χ1v) is 6.06. The molecule has 1 saturated heterocycles. The van der Waals surface area contributed by atoms with Crippen molar-refractivity contribution < 1.29 is 9.21 Å². The number of hydrogen-bond donors (Lipinski definition) is 0. The van der Waals surface area contributed by atoms with Crippen molar-refractivity contribution in [2.75, 3.05) is 11.4 Å². The Hall–Kier alpha value is -1.25. The second-order valence-electron chi connectivity index (χ2n) is 4.59. The van der Waals surface area contributed by atoms with E-state index in [0.717, 1.165) is 12.4 Å². The molecule has 0 saturated carbocycles. The third-order valence-electron chi connectivity index (χ3n) is 3.27. The van der Waals surface area contributed by atoms with Crippen LogP contribution >= 0.6 is 0 Å². The molecule has 1 aliphatic rings. The van der Waals surface area contributed by atoms with Crippen molar-refractivity contribution in [3.8, 4) is 0 Å². The maximum absolute atomic E-state index is 11.2. The van der Waals surface area contributed by atoms with Crippen molar-refractivity contribution in [1.82, 2.24) is 0 Å². The lowest BCUT2D eigenvalue weighted by Gasteiger charge is -2.26. The number of hydrogen-bond acceptors (Lipinski definition) is 3. The van der Waals surface area contributed by atoms with Crippen LogP contribution in [0.5, 0.6) is 0 Å². The van der Waals surface area contributed by atoms with E-state index in [1.807, 2.05) is 6.07 Å². The summed E-state index contributed by atoms with van der Waals surface area (Å²) in [7, 11) is 0. The van der Waals surface area contributed by atoms with Crippen molar-refractivity contribution in [2.45, 2.75) is 45.6 Å². The highest BCUT2D eigenvalue weighted by Gasteiger charge is 2.20. The highest BCUT2D eigenvalue weighted by Crippen LogP contribution is 2.26. The molecule has 0 spiro atoms. The smallest absolute Gasteiger partial charge is 0.196 e. The van der Waals surface area contributed by atoms with E-state index in [1.54, 1.807) is 6.07 Å². The fraction of sp³-hybridized carbons (Fsp3) is 0.615. The minimum absolute atomic E-state index is 0.00581. The van der Waals surface area contributed by atoms with Crippen molar-refractivity contribution in [2.24, 2.45) is 0 Å². The zero-order valence-corrected chi connectivity index (χ0v) is 10.0. The minimum atomic E-state index is -0.00581. The molecule has 1 aromatic heterocycles. The number of Topliss-reactive ketones (excluding diaryl/α,β-unsaturated/α-hetero) is 1. The molecule has 0 radical (unpaired) electrons. The maximum atomic E-state index is 11.2. The molecule has 0 N–H and O–H groups in total. The lowest BCUT2D eigenvalue weighted by atomic mass is 10.1. The van der Waals surface area contributed by atoms with Crippen LogP contribution in [0.4, 0.5) is 5.88 Å². The van der Waals surface area contributed by atoms with Crippen LogP contribution in [-0.2, 0) is 0 Å². The number of nitrogens with zero attached hydrogens (tertiary/aromatic N) is 1. The van der Waals surface area contributed by atoms with Crippen LogP contribution < -0.4 is 4.90 Å². The van der Waals surface area contributed by atoms with Gasteiger partial charge in [0.15, 0.2) is 17.4 Å². The Balaban J connectivity index is 2.17. The molecule has 0 aliphatic carbocycles. The van der Waals surface area contributed by atoms with Crippen LogP contribution in [0.3, 0.4) is 0 Å². The monoisotopic (exact) mass is 221 g/mol. The Morgan fingerprint density at radius 3 is 2.88 bits per heavy atom. The summed E-state index contributed by atoms with van der Waals surface area (Å²) in [5.41, 5.74) is 0. The summed E-state index contributed by atoms with van der Waals surface area (Å²) in [5, 5.41) is 0. The SMILES string of the molecule is CC(=O)c1ccc(N2CCCCCC2C)o1. The summed E-state index contributed by atoms with van der Waals surface area (Å²) >= 11 is 0. The lowest BCUT2D eigenvalue weighted by Crippen LogP contribution is -2.31.